The molecular weight excluding hydrogens is 245 g/mol. The molecule has 0 spiro atoms. The molecule has 0 atom stereocenters. The summed E-state index contributed by atoms with van der Waals surface area (Å²) in [5.74, 6) is 0.683. The summed E-state index contributed by atoms with van der Waals surface area (Å²) < 4.78 is 5.27. The summed E-state index contributed by atoms with van der Waals surface area (Å²) in [5, 5.41) is 4.53. The number of benzene rings is 1. The molecule has 0 saturated carbocycles. The fourth-order valence-electron chi connectivity index (χ4n) is 1.33. The minimum atomic E-state index is 0.0415. The third-order valence-electron chi connectivity index (χ3n) is 2.10. The van der Waals surface area contributed by atoms with E-state index in [0.717, 1.165) is 5.56 Å². The molecule has 0 aliphatic rings. The first kappa shape index (κ1) is 13.6. The summed E-state index contributed by atoms with van der Waals surface area (Å²) in [7, 11) is 1.61. The highest BCUT2D eigenvalue weighted by Gasteiger charge is 2.13. The van der Waals surface area contributed by atoms with E-state index >= 15 is 0 Å². The van der Waals surface area contributed by atoms with Crippen LogP contribution in [0.15, 0.2) is 12.1 Å². The van der Waals surface area contributed by atoms with Gasteiger partial charge in [-0.2, -0.15) is 0 Å². The van der Waals surface area contributed by atoms with E-state index in [1.165, 1.54) is 0 Å². The molecule has 0 heterocycles. The summed E-state index contributed by atoms with van der Waals surface area (Å²) in [4.78, 5) is 0. The van der Waals surface area contributed by atoms with Crippen molar-refractivity contribution in [3.63, 3.8) is 0 Å². The van der Waals surface area contributed by atoms with Crippen molar-refractivity contribution in [3.8, 4) is 5.75 Å². The normalized spacial score (nSPS) is 11.6. The van der Waals surface area contributed by atoms with Gasteiger partial charge in [0.05, 0.1) is 12.1 Å². The van der Waals surface area contributed by atoms with Crippen molar-refractivity contribution >= 4 is 23.2 Å². The predicted octanol–water partition coefficient (Wildman–Crippen LogP) is 3.89. The molecule has 90 valence electrons. The van der Waals surface area contributed by atoms with Crippen LogP contribution in [-0.4, -0.2) is 12.6 Å². The van der Waals surface area contributed by atoms with Gasteiger partial charge < -0.3 is 10.1 Å². The van der Waals surface area contributed by atoms with Crippen molar-refractivity contribution in [1.29, 1.82) is 0 Å². The highest BCUT2D eigenvalue weighted by atomic mass is 35.5. The SMILES string of the molecule is COc1c(Cl)cc(Cl)cc1CNC(C)(C)C. The Balaban J connectivity index is 2.94. The van der Waals surface area contributed by atoms with E-state index in [1.807, 2.05) is 6.07 Å². The maximum Gasteiger partial charge on any atom is 0.142 e. The Morgan fingerprint density at radius 3 is 2.38 bits per heavy atom. The van der Waals surface area contributed by atoms with Crippen LogP contribution in [-0.2, 0) is 6.54 Å². The van der Waals surface area contributed by atoms with Crippen LogP contribution in [0.1, 0.15) is 26.3 Å². The molecule has 16 heavy (non-hydrogen) atoms. The lowest BCUT2D eigenvalue weighted by atomic mass is 10.1. The molecule has 1 aromatic carbocycles. The quantitative estimate of drug-likeness (QED) is 0.892. The van der Waals surface area contributed by atoms with Gasteiger partial charge >= 0.3 is 0 Å². The van der Waals surface area contributed by atoms with Crippen LogP contribution >= 0.6 is 23.2 Å². The van der Waals surface area contributed by atoms with Gasteiger partial charge in [0.15, 0.2) is 0 Å². The Morgan fingerprint density at radius 2 is 1.88 bits per heavy atom. The summed E-state index contributed by atoms with van der Waals surface area (Å²) in [5.41, 5.74) is 1.01. The minimum absolute atomic E-state index is 0.0415. The highest BCUT2D eigenvalue weighted by Crippen LogP contribution is 2.32. The zero-order valence-electron chi connectivity index (χ0n) is 10.0. The van der Waals surface area contributed by atoms with E-state index in [1.54, 1.807) is 13.2 Å². The van der Waals surface area contributed by atoms with Crippen LogP contribution < -0.4 is 10.1 Å². The molecule has 0 aromatic heterocycles. The van der Waals surface area contributed by atoms with Crippen molar-refractivity contribution in [2.45, 2.75) is 32.9 Å². The molecule has 0 saturated heterocycles. The second kappa shape index (κ2) is 5.26. The van der Waals surface area contributed by atoms with Crippen LogP contribution in [0.3, 0.4) is 0 Å². The van der Waals surface area contributed by atoms with Gasteiger partial charge in [-0.25, -0.2) is 0 Å². The molecule has 0 unspecified atom stereocenters. The van der Waals surface area contributed by atoms with Crippen molar-refractivity contribution < 1.29 is 4.74 Å². The zero-order valence-corrected chi connectivity index (χ0v) is 11.5. The topological polar surface area (TPSA) is 21.3 Å². The molecule has 1 aromatic rings. The van der Waals surface area contributed by atoms with E-state index in [9.17, 15) is 0 Å². The van der Waals surface area contributed by atoms with Crippen molar-refractivity contribution in [3.05, 3.63) is 27.7 Å². The molecule has 1 rings (SSSR count). The third kappa shape index (κ3) is 3.85. The number of halogens is 2. The Bertz CT molecular complexity index is 372. The molecule has 0 aliphatic carbocycles. The van der Waals surface area contributed by atoms with E-state index in [0.29, 0.717) is 22.3 Å². The van der Waals surface area contributed by atoms with E-state index < -0.39 is 0 Å². The van der Waals surface area contributed by atoms with Gasteiger partial charge in [-0.1, -0.05) is 23.2 Å². The number of hydrogen-bond donors (Lipinski definition) is 1. The number of rotatable bonds is 3. The average Bonchev–Trinajstić information content (AvgIpc) is 2.12. The van der Waals surface area contributed by atoms with Crippen LogP contribution in [0.4, 0.5) is 0 Å². The van der Waals surface area contributed by atoms with Crippen LogP contribution in [0.2, 0.25) is 10.0 Å². The van der Waals surface area contributed by atoms with Gasteiger partial charge in [-0.05, 0) is 32.9 Å². The monoisotopic (exact) mass is 261 g/mol. The second-order valence-electron chi connectivity index (χ2n) is 4.68. The third-order valence-corrected chi connectivity index (χ3v) is 2.60. The van der Waals surface area contributed by atoms with Gasteiger partial charge in [0.1, 0.15) is 5.75 Å². The Kier molecular flexibility index (Phi) is 4.48. The van der Waals surface area contributed by atoms with Gasteiger partial charge in [-0.3, -0.25) is 0 Å². The van der Waals surface area contributed by atoms with E-state index in [4.69, 9.17) is 27.9 Å². The van der Waals surface area contributed by atoms with E-state index in [2.05, 4.69) is 26.1 Å². The van der Waals surface area contributed by atoms with Crippen molar-refractivity contribution in [1.82, 2.24) is 5.32 Å². The lowest BCUT2D eigenvalue weighted by molar-refractivity contribution is 0.392. The predicted molar refractivity (Wildman–Crippen MR) is 69.6 cm³/mol. The molecule has 0 radical (unpaired) electrons. The number of hydrogen-bond acceptors (Lipinski definition) is 2. The summed E-state index contributed by atoms with van der Waals surface area (Å²) in [6.07, 6.45) is 0. The molecule has 2 nitrogen and oxygen atoms in total. The van der Waals surface area contributed by atoms with Crippen molar-refractivity contribution in [2.24, 2.45) is 0 Å². The molecule has 0 bridgehead atoms. The average molecular weight is 262 g/mol. The van der Waals surface area contributed by atoms with Crippen molar-refractivity contribution in [2.75, 3.05) is 7.11 Å². The standard InChI is InChI=1S/C12H17Cl2NO/c1-12(2,3)15-7-8-5-9(13)6-10(14)11(8)16-4/h5-6,15H,7H2,1-4H3. The van der Waals surface area contributed by atoms with Crippen LogP contribution in [0.5, 0.6) is 5.75 Å². The fraction of sp³-hybridized carbons (Fsp3) is 0.500. The molecule has 1 N–H and O–H groups in total. The lowest BCUT2D eigenvalue weighted by Crippen LogP contribution is -2.35. The number of nitrogens with one attached hydrogen (secondary N) is 1. The second-order valence-corrected chi connectivity index (χ2v) is 5.53. The smallest absolute Gasteiger partial charge is 0.142 e. The van der Waals surface area contributed by atoms with E-state index in [-0.39, 0.29) is 5.54 Å². The largest absolute Gasteiger partial charge is 0.495 e. The van der Waals surface area contributed by atoms with Gasteiger partial charge in [-0.15, -0.1) is 0 Å². The Labute approximate surface area is 107 Å². The Hall–Kier alpha value is -0.440. The van der Waals surface area contributed by atoms with Gasteiger partial charge in [0.2, 0.25) is 0 Å². The van der Waals surface area contributed by atoms with Crippen LogP contribution in [0, 0.1) is 0 Å². The minimum Gasteiger partial charge on any atom is -0.495 e. The maximum atomic E-state index is 6.05. The molecule has 4 heteroatoms. The Morgan fingerprint density at radius 1 is 1.25 bits per heavy atom. The summed E-state index contributed by atoms with van der Waals surface area (Å²) in [6, 6.07) is 3.55. The lowest BCUT2D eigenvalue weighted by Gasteiger charge is -2.21. The molecule has 0 amide bonds. The van der Waals surface area contributed by atoms with Gasteiger partial charge in [0.25, 0.3) is 0 Å². The first-order chi connectivity index (χ1) is 7.33. The van der Waals surface area contributed by atoms with Gasteiger partial charge in [0, 0.05) is 22.7 Å². The molecular formula is C12H17Cl2NO. The first-order valence-corrected chi connectivity index (χ1v) is 5.86. The zero-order chi connectivity index (χ0) is 12.3. The molecule has 0 fully saturated rings. The first-order valence-electron chi connectivity index (χ1n) is 5.10. The summed E-state index contributed by atoms with van der Waals surface area (Å²) >= 11 is 12.0. The van der Waals surface area contributed by atoms with Crippen LogP contribution in [0.25, 0.3) is 0 Å². The molecule has 0 aliphatic heterocycles. The summed E-state index contributed by atoms with van der Waals surface area (Å²) in [6.45, 7) is 6.98. The maximum absolute atomic E-state index is 6.05. The number of methoxy groups -OCH3 is 1. The highest BCUT2D eigenvalue weighted by molar-refractivity contribution is 6.35. The number of ether oxygens (including phenoxy) is 1. The fourth-order valence-corrected chi connectivity index (χ4v) is 1.95.